The molecule has 0 fully saturated rings. The van der Waals surface area contributed by atoms with Crippen molar-refractivity contribution < 1.29 is 18.7 Å². The number of ether oxygens (including phenoxy) is 1. The van der Waals surface area contributed by atoms with Crippen molar-refractivity contribution in [2.24, 2.45) is 0 Å². The summed E-state index contributed by atoms with van der Waals surface area (Å²) in [6, 6.07) is 0. The molecule has 0 aliphatic rings. The summed E-state index contributed by atoms with van der Waals surface area (Å²) >= 11 is 1.03. The fourth-order valence-corrected chi connectivity index (χ4v) is 1.73. The second-order valence-corrected chi connectivity index (χ2v) is 4.57. The highest BCUT2D eigenvalue weighted by molar-refractivity contribution is 8.00. The zero-order chi connectivity index (χ0) is 14.3. The molecule has 1 unspecified atom stereocenters. The molecule has 0 spiro atoms. The Balaban J connectivity index is 2.56. The molecule has 0 bridgehead atoms. The number of carbonyl (C=O) groups excluding carboxylic acids is 2. The van der Waals surface area contributed by atoms with Gasteiger partial charge in [-0.05, 0) is 13.8 Å². The molecule has 1 rings (SSSR count). The van der Waals surface area contributed by atoms with Crippen molar-refractivity contribution in [2.45, 2.75) is 24.3 Å². The number of amides is 1. The Bertz CT molecular complexity index is 494. The summed E-state index contributed by atoms with van der Waals surface area (Å²) in [5.74, 6) is 1.12. The predicted molar refractivity (Wildman–Crippen MR) is 67.4 cm³/mol. The van der Waals surface area contributed by atoms with Gasteiger partial charge in [0.1, 0.15) is 0 Å². The number of terminal acetylenes is 1. The van der Waals surface area contributed by atoms with Crippen LogP contribution in [-0.4, -0.2) is 40.5 Å². The van der Waals surface area contributed by atoms with Gasteiger partial charge in [-0.15, -0.1) is 11.5 Å². The molecule has 0 saturated heterocycles. The normalized spacial score (nSPS) is 11.4. The third-order valence-corrected chi connectivity index (χ3v) is 2.80. The Morgan fingerprint density at radius 2 is 2.32 bits per heavy atom. The highest BCUT2D eigenvalue weighted by atomic mass is 32.2. The average molecular weight is 283 g/mol. The van der Waals surface area contributed by atoms with E-state index in [1.807, 2.05) is 0 Å². The Hall–Kier alpha value is -2.01. The lowest BCUT2D eigenvalue weighted by Crippen LogP contribution is -2.31. The minimum absolute atomic E-state index is 0.117. The van der Waals surface area contributed by atoms with Crippen LogP contribution < -0.4 is 5.32 Å². The first-order valence-corrected chi connectivity index (χ1v) is 6.34. The lowest BCUT2D eigenvalue weighted by atomic mass is 10.4. The second kappa shape index (κ2) is 7.43. The van der Waals surface area contributed by atoms with Gasteiger partial charge in [-0.3, -0.25) is 4.79 Å². The summed E-state index contributed by atoms with van der Waals surface area (Å²) in [7, 11) is 0. The van der Waals surface area contributed by atoms with Crippen molar-refractivity contribution in [1.82, 2.24) is 15.5 Å². The van der Waals surface area contributed by atoms with Crippen LogP contribution in [0.5, 0.6) is 0 Å². The monoisotopic (exact) mass is 283 g/mol. The molecule has 0 aliphatic carbocycles. The molecule has 1 heterocycles. The van der Waals surface area contributed by atoms with Gasteiger partial charge in [0.2, 0.25) is 5.91 Å². The number of esters is 1. The predicted octanol–water partition coefficient (Wildman–Crippen LogP) is 0.476. The van der Waals surface area contributed by atoms with E-state index in [0.29, 0.717) is 0 Å². The maximum absolute atomic E-state index is 11.5. The van der Waals surface area contributed by atoms with Crippen LogP contribution in [0.1, 0.15) is 24.5 Å². The zero-order valence-electron chi connectivity index (χ0n) is 10.5. The Morgan fingerprint density at radius 3 is 2.95 bits per heavy atom. The third-order valence-electron chi connectivity index (χ3n) is 1.87. The molecule has 1 atom stereocenters. The van der Waals surface area contributed by atoms with E-state index < -0.39 is 11.2 Å². The molecular formula is C11H13N3O4S. The number of carbonyl (C=O) groups is 2. The van der Waals surface area contributed by atoms with Gasteiger partial charge >= 0.3 is 11.9 Å². The molecule has 7 nitrogen and oxygen atoms in total. The van der Waals surface area contributed by atoms with Crippen molar-refractivity contribution in [3.05, 3.63) is 5.89 Å². The average Bonchev–Trinajstić information content (AvgIpc) is 2.84. The minimum Gasteiger partial charge on any atom is -0.459 e. The van der Waals surface area contributed by atoms with E-state index in [0.717, 1.165) is 11.8 Å². The minimum atomic E-state index is -0.689. The quantitative estimate of drug-likeness (QED) is 0.461. The number of rotatable bonds is 6. The molecule has 0 saturated carbocycles. The van der Waals surface area contributed by atoms with Crippen LogP contribution in [0, 0.1) is 12.3 Å². The lowest BCUT2D eigenvalue weighted by molar-refractivity contribution is -0.120. The topological polar surface area (TPSA) is 94.3 Å². The van der Waals surface area contributed by atoms with E-state index in [4.69, 9.17) is 15.6 Å². The molecule has 0 aliphatic heterocycles. The van der Waals surface area contributed by atoms with Gasteiger partial charge in [0, 0.05) is 0 Å². The molecule has 1 N–H and O–H groups in total. The summed E-state index contributed by atoms with van der Waals surface area (Å²) in [5, 5.41) is 9.35. The molecule has 8 heteroatoms. The van der Waals surface area contributed by atoms with E-state index in [2.05, 4.69) is 21.4 Å². The molecule has 1 aromatic heterocycles. The Kier molecular flexibility index (Phi) is 5.89. The summed E-state index contributed by atoms with van der Waals surface area (Å²) < 4.78 is 9.77. The number of hydrogen-bond acceptors (Lipinski definition) is 7. The van der Waals surface area contributed by atoms with Gasteiger partial charge in [0.15, 0.2) is 0 Å². The van der Waals surface area contributed by atoms with Gasteiger partial charge in [-0.2, -0.15) is 0 Å². The first-order chi connectivity index (χ1) is 9.08. The van der Waals surface area contributed by atoms with Crippen molar-refractivity contribution >= 4 is 23.6 Å². The highest BCUT2D eigenvalue weighted by Crippen LogP contribution is 2.21. The maximum atomic E-state index is 11.5. The summed E-state index contributed by atoms with van der Waals surface area (Å²) in [4.78, 5) is 22.8. The number of thioether (sulfide) groups is 1. The first kappa shape index (κ1) is 15.0. The van der Waals surface area contributed by atoms with E-state index in [9.17, 15) is 9.59 Å². The van der Waals surface area contributed by atoms with Crippen molar-refractivity contribution in [3.63, 3.8) is 0 Å². The van der Waals surface area contributed by atoms with Crippen LogP contribution in [0.4, 0.5) is 0 Å². The van der Waals surface area contributed by atoms with Gasteiger partial charge in [0.05, 0.1) is 18.4 Å². The highest BCUT2D eigenvalue weighted by Gasteiger charge is 2.20. The third kappa shape index (κ3) is 4.63. The molecular weight excluding hydrogens is 270 g/mol. The second-order valence-electron chi connectivity index (χ2n) is 3.28. The van der Waals surface area contributed by atoms with Gasteiger partial charge in [-0.25, -0.2) is 4.79 Å². The van der Waals surface area contributed by atoms with Crippen LogP contribution in [-0.2, 0) is 9.53 Å². The maximum Gasteiger partial charge on any atom is 0.396 e. The summed E-state index contributed by atoms with van der Waals surface area (Å²) in [5.41, 5.74) is 0. The van der Waals surface area contributed by atoms with E-state index >= 15 is 0 Å². The van der Waals surface area contributed by atoms with Gasteiger partial charge in [0.25, 0.3) is 5.22 Å². The standard InChI is InChI=1S/C11H13N3O4S/c1-4-6-12-8(15)7(3)19-11-14-13-9(18-11)10(16)17-5-2/h1,7H,5-6H2,2-3H3,(H,12,15). The number of hydrogen-bond donors (Lipinski definition) is 1. The lowest BCUT2D eigenvalue weighted by Gasteiger charge is -2.06. The van der Waals surface area contributed by atoms with Crippen molar-refractivity contribution in [1.29, 1.82) is 0 Å². The number of nitrogens with one attached hydrogen (secondary N) is 1. The molecule has 102 valence electrons. The Morgan fingerprint density at radius 1 is 1.58 bits per heavy atom. The van der Waals surface area contributed by atoms with Crippen LogP contribution in [0.25, 0.3) is 0 Å². The van der Waals surface area contributed by atoms with E-state index in [1.165, 1.54) is 0 Å². The van der Waals surface area contributed by atoms with Crippen LogP contribution in [0.15, 0.2) is 9.64 Å². The molecule has 19 heavy (non-hydrogen) atoms. The molecule has 0 aromatic carbocycles. The van der Waals surface area contributed by atoms with Crippen molar-refractivity contribution in [2.75, 3.05) is 13.2 Å². The van der Waals surface area contributed by atoms with Crippen LogP contribution in [0.2, 0.25) is 0 Å². The van der Waals surface area contributed by atoms with Gasteiger partial charge < -0.3 is 14.5 Å². The first-order valence-electron chi connectivity index (χ1n) is 5.47. The summed E-state index contributed by atoms with van der Waals surface area (Å²) in [6.07, 6.45) is 5.03. The Labute approximate surface area is 114 Å². The number of aromatic nitrogens is 2. The van der Waals surface area contributed by atoms with Crippen LogP contribution >= 0.6 is 11.8 Å². The van der Waals surface area contributed by atoms with E-state index in [1.54, 1.807) is 13.8 Å². The molecule has 1 amide bonds. The fourth-order valence-electron chi connectivity index (χ4n) is 1.02. The largest absolute Gasteiger partial charge is 0.459 e. The molecule has 1 aromatic rings. The van der Waals surface area contributed by atoms with Crippen molar-refractivity contribution in [3.8, 4) is 12.3 Å². The summed E-state index contributed by atoms with van der Waals surface area (Å²) in [6.45, 7) is 3.70. The van der Waals surface area contributed by atoms with E-state index in [-0.39, 0.29) is 30.2 Å². The number of nitrogens with zero attached hydrogens (tertiary/aromatic N) is 2. The van der Waals surface area contributed by atoms with Crippen LogP contribution in [0.3, 0.4) is 0 Å². The molecule has 0 radical (unpaired) electrons. The zero-order valence-corrected chi connectivity index (χ0v) is 11.3. The SMILES string of the molecule is C#CCNC(=O)C(C)Sc1nnc(C(=O)OCC)o1. The smallest absolute Gasteiger partial charge is 0.396 e. The fraction of sp³-hybridized carbons (Fsp3) is 0.455. The van der Waals surface area contributed by atoms with Gasteiger partial charge in [-0.1, -0.05) is 22.8 Å².